The van der Waals surface area contributed by atoms with Crippen LogP contribution in [0.1, 0.15) is 78.6 Å². The topological polar surface area (TPSA) is 46.3 Å². The van der Waals surface area contributed by atoms with Crippen molar-refractivity contribution < 1.29 is 4.79 Å². The summed E-state index contributed by atoms with van der Waals surface area (Å²) >= 11 is 0. The van der Waals surface area contributed by atoms with Gasteiger partial charge in [-0.1, -0.05) is 37.9 Å². The van der Waals surface area contributed by atoms with E-state index in [2.05, 4.69) is 33.0 Å². The molecule has 4 aliphatic rings. The van der Waals surface area contributed by atoms with Gasteiger partial charge in [-0.2, -0.15) is 0 Å². The van der Waals surface area contributed by atoms with Gasteiger partial charge in [0, 0.05) is 18.5 Å². The molecule has 2 bridgehead atoms. The molecule has 0 aromatic carbocycles. The molecule has 4 rings (SSSR count). The molecule has 3 heterocycles. The molecule has 123 valence electrons. The van der Waals surface area contributed by atoms with E-state index in [1.165, 1.54) is 32.1 Å². The third-order valence-corrected chi connectivity index (χ3v) is 6.52. The second kappa shape index (κ2) is 5.85. The van der Waals surface area contributed by atoms with Crippen molar-refractivity contribution in [1.82, 2.24) is 4.90 Å². The Labute approximate surface area is 136 Å². The molecule has 0 spiro atoms. The number of carbonyl (C=O) groups excluding carboxylic acids is 1. The highest BCUT2D eigenvalue weighted by molar-refractivity contribution is 6.48. The highest BCUT2D eigenvalue weighted by Crippen LogP contribution is 2.56. The number of rotatable bonds is 2. The number of hydrogen-bond donors (Lipinski definition) is 1. The first kappa shape index (κ1) is 16.4. The van der Waals surface area contributed by atoms with Crippen LogP contribution < -0.4 is 5.73 Å². The number of hydrogen-bond acceptors (Lipinski definition) is 2. The summed E-state index contributed by atoms with van der Waals surface area (Å²) in [6.07, 6.45) is 10.2. The van der Waals surface area contributed by atoms with Crippen LogP contribution in [0.15, 0.2) is 0 Å². The Morgan fingerprint density at radius 3 is 2.73 bits per heavy atom. The molecule has 0 aromatic heterocycles. The average Bonchev–Trinajstić information content (AvgIpc) is 2.43. The van der Waals surface area contributed by atoms with Gasteiger partial charge in [-0.15, -0.1) is 0 Å². The lowest BCUT2D eigenvalue weighted by atomic mass is 9.25. The first-order chi connectivity index (χ1) is 10.4. The SMILES string of the molecule is CCC12[B]C(N)(CC3CCC(=O)N(C(C)C)C3CCCC1)C2. The summed E-state index contributed by atoms with van der Waals surface area (Å²) in [5.41, 5.74) is 6.63. The maximum atomic E-state index is 12.4. The van der Waals surface area contributed by atoms with Crippen LogP contribution in [-0.2, 0) is 4.79 Å². The summed E-state index contributed by atoms with van der Waals surface area (Å²) < 4.78 is 0. The standard InChI is InChI=1S/C18H32BN2O/c1-4-17-10-6-5-7-15-14(11-18(20,12-17)19-17)8-9-16(22)21(15)13(2)3/h13-15H,4-12,20H2,1-3H3. The van der Waals surface area contributed by atoms with Crippen LogP contribution in [0.2, 0.25) is 5.31 Å². The second-order valence-corrected chi connectivity index (χ2v) is 8.48. The zero-order valence-electron chi connectivity index (χ0n) is 14.6. The summed E-state index contributed by atoms with van der Waals surface area (Å²) in [6, 6.07) is 0.738. The van der Waals surface area contributed by atoms with Gasteiger partial charge in [0.25, 0.3) is 0 Å². The Morgan fingerprint density at radius 2 is 2.09 bits per heavy atom. The maximum Gasteiger partial charge on any atom is 0.223 e. The molecule has 4 atom stereocenters. The summed E-state index contributed by atoms with van der Waals surface area (Å²) in [7, 11) is 2.48. The van der Waals surface area contributed by atoms with Crippen LogP contribution >= 0.6 is 0 Å². The van der Waals surface area contributed by atoms with Gasteiger partial charge in [-0.25, -0.2) is 0 Å². The summed E-state index contributed by atoms with van der Waals surface area (Å²) in [5, 5.41) is 0.420. The quantitative estimate of drug-likeness (QED) is 0.796. The lowest BCUT2D eigenvalue weighted by Gasteiger charge is -2.57. The van der Waals surface area contributed by atoms with Gasteiger partial charge in [0.2, 0.25) is 5.91 Å². The molecule has 3 nitrogen and oxygen atoms in total. The predicted molar refractivity (Wildman–Crippen MR) is 91.9 cm³/mol. The van der Waals surface area contributed by atoms with Crippen LogP contribution in [0.25, 0.3) is 0 Å². The van der Waals surface area contributed by atoms with Crippen LogP contribution in [-0.4, -0.2) is 35.6 Å². The molecule has 4 unspecified atom stereocenters. The zero-order valence-corrected chi connectivity index (χ0v) is 14.6. The van der Waals surface area contributed by atoms with Crippen molar-refractivity contribution in [3.63, 3.8) is 0 Å². The van der Waals surface area contributed by atoms with E-state index >= 15 is 0 Å². The molecule has 4 fully saturated rings. The molecule has 4 heteroatoms. The first-order valence-corrected chi connectivity index (χ1v) is 9.35. The van der Waals surface area contributed by atoms with Crippen LogP contribution in [0.3, 0.4) is 0 Å². The highest BCUT2D eigenvalue weighted by atomic mass is 16.2. The second-order valence-electron chi connectivity index (χ2n) is 8.48. The molecule has 1 aliphatic carbocycles. The monoisotopic (exact) mass is 303 g/mol. The highest BCUT2D eigenvalue weighted by Gasteiger charge is 2.54. The van der Waals surface area contributed by atoms with Gasteiger partial charge in [0.05, 0.1) is 0 Å². The molecule has 1 radical (unpaired) electrons. The van der Waals surface area contributed by atoms with E-state index in [-0.39, 0.29) is 5.44 Å². The van der Waals surface area contributed by atoms with E-state index in [9.17, 15) is 4.79 Å². The fraction of sp³-hybridized carbons (Fsp3) is 0.944. The van der Waals surface area contributed by atoms with Crippen molar-refractivity contribution in [3.05, 3.63) is 0 Å². The molecule has 3 aliphatic heterocycles. The van der Waals surface area contributed by atoms with Gasteiger partial charge >= 0.3 is 0 Å². The van der Waals surface area contributed by atoms with Crippen LogP contribution in [0.4, 0.5) is 0 Å². The Hall–Kier alpha value is -0.505. The molecule has 22 heavy (non-hydrogen) atoms. The van der Waals surface area contributed by atoms with Crippen LogP contribution in [0, 0.1) is 5.92 Å². The molecular formula is C18H32BN2O. The van der Waals surface area contributed by atoms with Gasteiger partial charge < -0.3 is 10.6 Å². The largest absolute Gasteiger partial charge is 0.337 e. The van der Waals surface area contributed by atoms with Gasteiger partial charge in [0.1, 0.15) is 7.28 Å². The molecule has 0 aromatic rings. The molecule has 3 saturated heterocycles. The zero-order chi connectivity index (χ0) is 16.0. The summed E-state index contributed by atoms with van der Waals surface area (Å²) in [5.74, 6) is 0.953. The number of nitrogens with zero attached hydrogens (tertiary/aromatic N) is 1. The number of fused-ring (bicyclic) bond motifs is 3. The fourth-order valence-corrected chi connectivity index (χ4v) is 5.58. The number of piperidine rings is 1. The van der Waals surface area contributed by atoms with E-state index in [0.29, 0.717) is 35.6 Å². The van der Waals surface area contributed by atoms with Crippen molar-refractivity contribution >= 4 is 13.2 Å². The third kappa shape index (κ3) is 2.84. The molecule has 1 saturated carbocycles. The fourth-order valence-electron chi connectivity index (χ4n) is 5.58. The number of nitrogens with two attached hydrogens (primary N) is 1. The van der Waals surface area contributed by atoms with E-state index in [1.54, 1.807) is 0 Å². The predicted octanol–water partition coefficient (Wildman–Crippen LogP) is 3.30. The Kier molecular flexibility index (Phi) is 4.35. The van der Waals surface area contributed by atoms with Gasteiger partial charge in [-0.05, 0) is 50.9 Å². The number of amides is 1. The van der Waals surface area contributed by atoms with Crippen molar-refractivity contribution in [1.29, 1.82) is 0 Å². The van der Waals surface area contributed by atoms with E-state index < -0.39 is 0 Å². The normalized spacial score (nSPS) is 42.4. The maximum absolute atomic E-state index is 12.4. The van der Waals surface area contributed by atoms with Crippen molar-refractivity contribution in [3.8, 4) is 0 Å². The summed E-state index contributed by atoms with van der Waals surface area (Å²) in [4.78, 5) is 14.6. The summed E-state index contributed by atoms with van der Waals surface area (Å²) in [6.45, 7) is 6.63. The lowest BCUT2D eigenvalue weighted by molar-refractivity contribution is -0.142. The third-order valence-electron chi connectivity index (χ3n) is 6.52. The van der Waals surface area contributed by atoms with Gasteiger partial charge in [-0.3, -0.25) is 4.79 Å². The minimum Gasteiger partial charge on any atom is -0.337 e. The van der Waals surface area contributed by atoms with E-state index in [0.717, 1.165) is 19.3 Å². The molecule has 1 amide bonds. The minimum absolute atomic E-state index is 0.0701. The minimum atomic E-state index is -0.0701. The van der Waals surface area contributed by atoms with E-state index in [4.69, 9.17) is 5.73 Å². The van der Waals surface area contributed by atoms with Crippen molar-refractivity contribution in [2.24, 2.45) is 11.7 Å². The lowest BCUT2D eigenvalue weighted by Crippen LogP contribution is -2.65. The first-order valence-electron chi connectivity index (χ1n) is 9.35. The smallest absolute Gasteiger partial charge is 0.223 e. The van der Waals surface area contributed by atoms with E-state index in [1.807, 2.05) is 0 Å². The van der Waals surface area contributed by atoms with Gasteiger partial charge in [0.15, 0.2) is 0 Å². The van der Waals surface area contributed by atoms with Crippen molar-refractivity contribution in [2.45, 2.75) is 101 Å². The van der Waals surface area contributed by atoms with Crippen LogP contribution in [0.5, 0.6) is 0 Å². The number of carbonyl (C=O) groups is 1. The Balaban J connectivity index is 1.79. The average molecular weight is 303 g/mol. The Morgan fingerprint density at radius 1 is 1.36 bits per heavy atom. The molecular weight excluding hydrogens is 271 g/mol. The molecule has 2 N–H and O–H groups in total. The van der Waals surface area contributed by atoms with Crippen molar-refractivity contribution in [2.75, 3.05) is 0 Å². The Bertz CT molecular complexity index is 431. The number of likely N-dealkylation sites (tertiary alicyclic amines) is 1.